The van der Waals surface area contributed by atoms with Gasteiger partial charge in [-0.25, -0.2) is 0 Å². The first-order chi connectivity index (χ1) is 11.2. The Bertz CT molecular complexity index is 850. The van der Waals surface area contributed by atoms with Crippen LogP contribution in [-0.2, 0) is 0 Å². The molecule has 1 N–H and O–H groups in total. The molecule has 1 aromatic heterocycles. The van der Waals surface area contributed by atoms with Crippen molar-refractivity contribution in [2.45, 2.75) is 6.92 Å². The predicted molar refractivity (Wildman–Crippen MR) is 94.1 cm³/mol. The molecular formula is C18H18N2O2S. The standard InChI is InChI=1S/C18H18N2O2S/c1-3-22-14-10-8-13(9-11-14)15-12-20(18(23)19-15)16-6-4-5-7-17(16)21-2/h4-12H,3H2,1-2H3,(H,19,23). The number of ether oxygens (including phenoxy) is 2. The Kier molecular flexibility index (Phi) is 4.48. The molecule has 0 unspecified atom stereocenters. The molecule has 118 valence electrons. The third-order valence-electron chi connectivity index (χ3n) is 3.54. The molecule has 0 aliphatic heterocycles. The van der Waals surface area contributed by atoms with Crippen molar-refractivity contribution in [3.63, 3.8) is 0 Å². The summed E-state index contributed by atoms with van der Waals surface area (Å²) >= 11 is 5.46. The van der Waals surface area contributed by atoms with Gasteiger partial charge in [0.05, 0.1) is 25.1 Å². The first-order valence-corrected chi connectivity index (χ1v) is 7.82. The molecule has 0 aliphatic rings. The molecule has 0 aliphatic carbocycles. The first kappa shape index (κ1) is 15.4. The van der Waals surface area contributed by atoms with Crippen LogP contribution in [0.15, 0.2) is 54.7 Å². The molecule has 0 spiro atoms. The molecule has 4 nitrogen and oxygen atoms in total. The van der Waals surface area contributed by atoms with E-state index in [9.17, 15) is 0 Å². The average molecular weight is 326 g/mol. The number of aromatic amines is 1. The molecule has 3 aromatic rings. The Morgan fingerprint density at radius 3 is 2.52 bits per heavy atom. The Morgan fingerprint density at radius 1 is 1.09 bits per heavy atom. The van der Waals surface area contributed by atoms with Gasteiger partial charge in [0.1, 0.15) is 11.5 Å². The molecular weight excluding hydrogens is 308 g/mol. The maximum Gasteiger partial charge on any atom is 0.182 e. The Balaban J connectivity index is 1.99. The minimum Gasteiger partial charge on any atom is -0.495 e. The number of nitrogens with one attached hydrogen (secondary N) is 1. The van der Waals surface area contributed by atoms with E-state index in [4.69, 9.17) is 21.7 Å². The summed E-state index contributed by atoms with van der Waals surface area (Å²) in [5.74, 6) is 1.64. The van der Waals surface area contributed by atoms with Gasteiger partial charge in [0.25, 0.3) is 0 Å². The van der Waals surface area contributed by atoms with E-state index in [1.54, 1.807) is 7.11 Å². The second-order valence-corrected chi connectivity index (χ2v) is 5.36. The lowest BCUT2D eigenvalue weighted by Gasteiger charge is -2.08. The van der Waals surface area contributed by atoms with Gasteiger partial charge in [-0.2, -0.15) is 0 Å². The lowest BCUT2D eigenvalue weighted by atomic mass is 10.1. The van der Waals surface area contributed by atoms with Crippen molar-refractivity contribution in [2.75, 3.05) is 13.7 Å². The lowest BCUT2D eigenvalue weighted by molar-refractivity contribution is 0.340. The number of rotatable bonds is 5. The summed E-state index contributed by atoms with van der Waals surface area (Å²) in [5, 5.41) is 0. The van der Waals surface area contributed by atoms with Crippen molar-refractivity contribution >= 4 is 12.2 Å². The SMILES string of the molecule is CCOc1ccc(-c2cn(-c3ccccc3OC)c(=S)[nH]2)cc1. The summed E-state index contributed by atoms with van der Waals surface area (Å²) in [4.78, 5) is 3.24. The molecule has 0 bridgehead atoms. The van der Waals surface area contributed by atoms with Crippen molar-refractivity contribution in [1.29, 1.82) is 0 Å². The second kappa shape index (κ2) is 6.71. The summed E-state index contributed by atoms with van der Waals surface area (Å²) in [6, 6.07) is 15.7. The van der Waals surface area contributed by atoms with Crippen LogP contribution in [0, 0.1) is 4.77 Å². The molecule has 0 saturated heterocycles. The normalized spacial score (nSPS) is 10.5. The number of nitrogens with zero attached hydrogens (tertiary/aromatic N) is 1. The summed E-state index contributed by atoms with van der Waals surface area (Å²) in [6.07, 6.45) is 1.98. The van der Waals surface area contributed by atoms with E-state index in [-0.39, 0.29) is 0 Å². The maximum absolute atomic E-state index is 5.47. The average Bonchev–Trinajstić information content (AvgIpc) is 2.97. The van der Waals surface area contributed by atoms with Crippen molar-refractivity contribution in [2.24, 2.45) is 0 Å². The van der Waals surface area contributed by atoms with Crippen LogP contribution < -0.4 is 9.47 Å². The Morgan fingerprint density at radius 2 is 1.83 bits per heavy atom. The van der Waals surface area contributed by atoms with E-state index in [1.807, 2.05) is 66.2 Å². The topological polar surface area (TPSA) is 39.2 Å². The maximum atomic E-state index is 5.47. The summed E-state index contributed by atoms with van der Waals surface area (Å²) < 4.78 is 13.4. The predicted octanol–water partition coefficient (Wildman–Crippen LogP) is 4.61. The van der Waals surface area contributed by atoms with Crippen molar-refractivity contribution < 1.29 is 9.47 Å². The number of methoxy groups -OCH3 is 1. The van der Waals surface area contributed by atoms with Crippen LogP contribution in [-0.4, -0.2) is 23.3 Å². The van der Waals surface area contributed by atoms with Gasteiger partial charge in [0, 0.05) is 6.20 Å². The fraction of sp³-hybridized carbons (Fsp3) is 0.167. The van der Waals surface area contributed by atoms with Gasteiger partial charge in [0.15, 0.2) is 4.77 Å². The van der Waals surface area contributed by atoms with E-state index in [0.29, 0.717) is 11.4 Å². The van der Waals surface area contributed by atoms with Gasteiger partial charge in [-0.15, -0.1) is 0 Å². The molecule has 3 rings (SSSR count). The highest BCUT2D eigenvalue weighted by molar-refractivity contribution is 7.71. The largest absolute Gasteiger partial charge is 0.495 e. The minimum atomic E-state index is 0.624. The number of imidazole rings is 1. The number of hydrogen-bond acceptors (Lipinski definition) is 3. The Hall–Kier alpha value is -2.53. The molecule has 0 atom stereocenters. The zero-order chi connectivity index (χ0) is 16.2. The van der Waals surface area contributed by atoms with Crippen LogP contribution in [0.2, 0.25) is 0 Å². The molecule has 0 saturated carbocycles. The number of H-pyrrole nitrogens is 1. The number of para-hydroxylation sites is 2. The first-order valence-electron chi connectivity index (χ1n) is 7.41. The third kappa shape index (κ3) is 3.14. The second-order valence-electron chi connectivity index (χ2n) is 4.97. The van der Waals surface area contributed by atoms with Gasteiger partial charge < -0.3 is 14.5 Å². The number of aromatic nitrogens is 2. The van der Waals surface area contributed by atoms with Gasteiger partial charge in [-0.05, 0) is 61.1 Å². The van der Waals surface area contributed by atoms with Crippen LogP contribution in [0.5, 0.6) is 11.5 Å². The van der Waals surface area contributed by atoms with Gasteiger partial charge in [0.2, 0.25) is 0 Å². The minimum absolute atomic E-state index is 0.624. The summed E-state index contributed by atoms with van der Waals surface area (Å²) in [7, 11) is 1.66. The van der Waals surface area contributed by atoms with Crippen LogP contribution in [0.1, 0.15) is 6.92 Å². The molecule has 23 heavy (non-hydrogen) atoms. The van der Waals surface area contributed by atoms with E-state index >= 15 is 0 Å². The number of hydrogen-bond donors (Lipinski definition) is 1. The lowest BCUT2D eigenvalue weighted by Crippen LogP contribution is -1.96. The number of benzene rings is 2. The van der Waals surface area contributed by atoms with Crippen LogP contribution >= 0.6 is 12.2 Å². The zero-order valence-electron chi connectivity index (χ0n) is 13.1. The van der Waals surface area contributed by atoms with Gasteiger partial charge in [-0.3, -0.25) is 4.57 Å². The summed E-state index contributed by atoms with van der Waals surface area (Å²) in [5.41, 5.74) is 2.91. The van der Waals surface area contributed by atoms with Gasteiger partial charge in [-0.1, -0.05) is 12.1 Å². The molecule has 1 heterocycles. The van der Waals surface area contributed by atoms with E-state index in [2.05, 4.69) is 4.98 Å². The van der Waals surface area contributed by atoms with Gasteiger partial charge >= 0.3 is 0 Å². The van der Waals surface area contributed by atoms with Crippen molar-refractivity contribution in [3.05, 3.63) is 59.5 Å². The van der Waals surface area contributed by atoms with Crippen LogP contribution in [0.4, 0.5) is 0 Å². The van der Waals surface area contributed by atoms with Crippen LogP contribution in [0.25, 0.3) is 16.9 Å². The van der Waals surface area contributed by atoms with Crippen molar-refractivity contribution in [3.8, 4) is 28.4 Å². The highest BCUT2D eigenvalue weighted by Gasteiger charge is 2.09. The van der Waals surface area contributed by atoms with Crippen LogP contribution in [0.3, 0.4) is 0 Å². The highest BCUT2D eigenvalue weighted by Crippen LogP contribution is 2.26. The van der Waals surface area contributed by atoms with E-state index in [0.717, 1.165) is 28.4 Å². The van der Waals surface area contributed by atoms with Crippen molar-refractivity contribution in [1.82, 2.24) is 9.55 Å². The summed E-state index contributed by atoms with van der Waals surface area (Å²) in [6.45, 7) is 2.63. The quantitative estimate of drug-likeness (QED) is 0.696. The van der Waals surface area contributed by atoms with E-state index < -0.39 is 0 Å². The molecule has 0 radical (unpaired) electrons. The van der Waals surface area contributed by atoms with E-state index in [1.165, 1.54) is 0 Å². The fourth-order valence-corrected chi connectivity index (χ4v) is 2.71. The smallest absolute Gasteiger partial charge is 0.182 e. The Labute approximate surface area is 140 Å². The third-order valence-corrected chi connectivity index (χ3v) is 3.84. The molecule has 0 fully saturated rings. The fourth-order valence-electron chi connectivity index (χ4n) is 2.45. The zero-order valence-corrected chi connectivity index (χ0v) is 13.9. The monoisotopic (exact) mass is 326 g/mol. The molecule has 0 amide bonds. The molecule has 5 heteroatoms. The molecule has 2 aromatic carbocycles. The highest BCUT2D eigenvalue weighted by atomic mass is 32.1.